The molecule has 116 valence electrons. The zero-order chi connectivity index (χ0) is 15.6. The molecule has 21 heavy (non-hydrogen) atoms. The van der Waals surface area contributed by atoms with Crippen molar-refractivity contribution in [1.82, 2.24) is 5.32 Å². The average molecular weight is 330 g/mol. The maximum absolute atomic E-state index is 11.2. The summed E-state index contributed by atoms with van der Waals surface area (Å²) in [5.74, 6) is 1.00. The predicted octanol–water partition coefficient (Wildman–Crippen LogP) is 3.56. The molecule has 1 aromatic heterocycles. The van der Waals surface area contributed by atoms with E-state index in [9.17, 15) is 8.42 Å². The lowest BCUT2D eigenvalue weighted by molar-refractivity contribution is 0.406. The highest BCUT2D eigenvalue weighted by Crippen LogP contribution is 2.26. The Balaban J connectivity index is 2.02. The molecule has 0 saturated carbocycles. The van der Waals surface area contributed by atoms with E-state index in [1.165, 1.54) is 6.26 Å². The molecular weight excluding hydrogens is 310 g/mol. The Morgan fingerprint density at radius 1 is 1.29 bits per heavy atom. The Bertz CT molecular complexity index is 724. The first kappa shape index (κ1) is 16.3. The molecule has 1 aromatic carbocycles. The van der Waals surface area contributed by atoms with Crippen molar-refractivity contribution in [3.05, 3.63) is 35.0 Å². The fourth-order valence-electron chi connectivity index (χ4n) is 2.23. The lowest BCUT2D eigenvalue weighted by Crippen LogP contribution is -2.30. The minimum absolute atomic E-state index is 0.00531. The molecule has 2 unspecified atom stereocenters. The van der Waals surface area contributed by atoms with Crippen LogP contribution in [0.15, 0.2) is 28.7 Å². The van der Waals surface area contributed by atoms with E-state index in [1.807, 2.05) is 32.0 Å². The number of rotatable bonds is 6. The van der Waals surface area contributed by atoms with Crippen LogP contribution in [0.2, 0.25) is 5.02 Å². The third kappa shape index (κ3) is 4.73. The number of fused-ring (bicyclic) bond motifs is 1. The van der Waals surface area contributed by atoms with Crippen LogP contribution >= 0.6 is 11.6 Å². The SMILES string of the molecule is CC(CCS(C)(=O)=O)NC(C)c1cc2cc(Cl)ccc2o1. The molecule has 2 atom stereocenters. The van der Waals surface area contributed by atoms with Crippen LogP contribution in [0.3, 0.4) is 0 Å². The number of nitrogens with one attached hydrogen (secondary N) is 1. The van der Waals surface area contributed by atoms with Crippen molar-refractivity contribution in [3.8, 4) is 0 Å². The first-order valence-electron chi connectivity index (χ1n) is 6.87. The third-order valence-corrected chi connectivity index (χ3v) is 4.59. The quantitative estimate of drug-likeness (QED) is 0.880. The van der Waals surface area contributed by atoms with Gasteiger partial charge in [-0.2, -0.15) is 0 Å². The Morgan fingerprint density at radius 3 is 2.67 bits per heavy atom. The molecule has 0 amide bonds. The summed E-state index contributed by atoms with van der Waals surface area (Å²) in [6, 6.07) is 7.56. The van der Waals surface area contributed by atoms with E-state index in [4.69, 9.17) is 16.0 Å². The van der Waals surface area contributed by atoms with Gasteiger partial charge >= 0.3 is 0 Å². The van der Waals surface area contributed by atoms with E-state index in [-0.39, 0.29) is 17.8 Å². The van der Waals surface area contributed by atoms with Gasteiger partial charge in [-0.3, -0.25) is 0 Å². The second-order valence-electron chi connectivity index (χ2n) is 5.54. The van der Waals surface area contributed by atoms with Crippen molar-refractivity contribution in [1.29, 1.82) is 0 Å². The average Bonchev–Trinajstić information content (AvgIpc) is 2.78. The topological polar surface area (TPSA) is 59.3 Å². The smallest absolute Gasteiger partial charge is 0.147 e. The third-order valence-electron chi connectivity index (χ3n) is 3.38. The lowest BCUT2D eigenvalue weighted by Gasteiger charge is -2.18. The van der Waals surface area contributed by atoms with Gasteiger partial charge in [-0.15, -0.1) is 0 Å². The summed E-state index contributed by atoms with van der Waals surface area (Å²) < 4.78 is 28.2. The molecule has 4 nitrogen and oxygen atoms in total. The minimum atomic E-state index is -2.92. The summed E-state index contributed by atoms with van der Waals surface area (Å²) in [5, 5.41) is 5.00. The van der Waals surface area contributed by atoms with Crippen LogP contribution < -0.4 is 5.32 Å². The van der Waals surface area contributed by atoms with Gasteiger partial charge in [-0.05, 0) is 44.5 Å². The largest absolute Gasteiger partial charge is 0.459 e. The monoisotopic (exact) mass is 329 g/mol. The maximum atomic E-state index is 11.2. The summed E-state index contributed by atoms with van der Waals surface area (Å²) in [5.41, 5.74) is 0.798. The van der Waals surface area contributed by atoms with Gasteiger partial charge in [-0.1, -0.05) is 11.6 Å². The molecule has 0 saturated heterocycles. The van der Waals surface area contributed by atoms with Crippen molar-refractivity contribution in [3.63, 3.8) is 0 Å². The van der Waals surface area contributed by atoms with Gasteiger partial charge in [0, 0.05) is 22.7 Å². The first-order chi connectivity index (χ1) is 9.74. The number of halogens is 1. The van der Waals surface area contributed by atoms with Gasteiger partial charge in [0.25, 0.3) is 0 Å². The van der Waals surface area contributed by atoms with E-state index >= 15 is 0 Å². The molecule has 0 aliphatic rings. The van der Waals surface area contributed by atoms with E-state index in [2.05, 4.69) is 5.32 Å². The Morgan fingerprint density at radius 2 is 2.00 bits per heavy atom. The van der Waals surface area contributed by atoms with Gasteiger partial charge in [0.1, 0.15) is 21.2 Å². The number of hydrogen-bond donors (Lipinski definition) is 1. The zero-order valence-electron chi connectivity index (χ0n) is 12.4. The Hall–Kier alpha value is -1.04. The number of furan rings is 1. The molecular formula is C15H20ClNO3S. The highest BCUT2D eigenvalue weighted by Gasteiger charge is 2.15. The molecule has 6 heteroatoms. The van der Waals surface area contributed by atoms with E-state index in [0.717, 1.165) is 16.7 Å². The Kier molecular flexibility index (Phi) is 4.96. The standard InChI is InChI=1S/C15H20ClNO3S/c1-10(6-7-21(3,18)19)17-11(2)15-9-12-8-13(16)4-5-14(12)20-15/h4-5,8-11,17H,6-7H2,1-3H3. The predicted molar refractivity (Wildman–Crippen MR) is 86.6 cm³/mol. The van der Waals surface area contributed by atoms with Crippen molar-refractivity contribution >= 4 is 32.4 Å². The van der Waals surface area contributed by atoms with Gasteiger partial charge in [0.15, 0.2) is 0 Å². The van der Waals surface area contributed by atoms with Crippen molar-refractivity contribution in [2.24, 2.45) is 0 Å². The molecule has 0 spiro atoms. The van der Waals surface area contributed by atoms with Crippen LogP contribution in [0.1, 0.15) is 32.1 Å². The fourth-order valence-corrected chi connectivity index (χ4v) is 3.19. The minimum Gasteiger partial charge on any atom is -0.459 e. The Labute approximate surface area is 130 Å². The van der Waals surface area contributed by atoms with Crippen LogP contribution in [0, 0.1) is 0 Å². The van der Waals surface area contributed by atoms with E-state index in [0.29, 0.717) is 11.4 Å². The van der Waals surface area contributed by atoms with Gasteiger partial charge in [0.2, 0.25) is 0 Å². The van der Waals surface area contributed by atoms with Crippen molar-refractivity contribution < 1.29 is 12.8 Å². The molecule has 0 aliphatic carbocycles. The molecule has 0 aliphatic heterocycles. The molecule has 2 aromatic rings. The molecule has 2 rings (SSSR count). The van der Waals surface area contributed by atoms with Gasteiger partial charge in [-0.25, -0.2) is 8.42 Å². The highest BCUT2D eigenvalue weighted by atomic mass is 35.5. The lowest BCUT2D eigenvalue weighted by atomic mass is 10.2. The van der Waals surface area contributed by atoms with Crippen LogP contribution in [-0.2, 0) is 9.84 Å². The maximum Gasteiger partial charge on any atom is 0.147 e. The molecule has 0 fully saturated rings. The van der Waals surface area contributed by atoms with E-state index in [1.54, 1.807) is 6.07 Å². The summed E-state index contributed by atoms with van der Waals surface area (Å²) in [6.07, 6.45) is 1.83. The van der Waals surface area contributed by atoms with Crippen LogP contribution in [0.4, 0.5) is 0 Å². The molecule has 0 bridgehead atoms. The second kappa shape index (κ2) is 6.38. The zero-order valence-corrected chi connectivity index (χ0v) is 14.0. The summed E-state index contributed by atoms with van der Waals surface area (Å²) in [7, 11) is -2.92. The first-order valence-corrected chi connectivity index (χ1v) is 9.31. The van der Waals surface area contributed by atoms with Crippen LogP contribution in [0.5, 0.6) is 0 Å². The van der Waals surface area contributed by atoms with Crippen molar-refractivity contribution in [2.45, 2.75) is 32.4 Å². The van der Waals surface area contributed by atoms with E-state index < -0.39 is 9.84 Å². The number of hydrogen-bond acceptors (Lipinski definition) is 4. The highest BCUT2D eigenvalue weighted by molar-refractivity contribution is 7.90. The molecule has 0 radical (unpaired) electrons. The summed E-state index contributed by atoms with van der Waals surface area (Å²) in [6.45, 7) is 3.97. The summed E-state index contributed by atoms with van der Waals surface area (Å²) >= 11 is 5.96. The summed E-state index contributed by atoms with van der Waals surface area (Å²) in [4.78, 5) is 0. The second-order valence-corrected chi connectivity index (χ2v) is 8.24. The van der Waals surface area contributed by atoms with Crippen molar-refractivity contribution in [2.75, 3.05) is 12.0 Å². The van der Waals surface area contributed by atoms with Gasteiger partial charge in [0.05, 0.1) is 11.8 Å². The number of benzene rings is 1. The fraction of sp³-hybridized carbons (Fsp3) is 0.467. The number of sulfone groups is 1. The van der Waals surface area contributed by atoms with Crippen LogP contribution in [-0.4, -0.2) is 26.5 Å². The molecule has 1 heterocycles. The molecule has 1 N–H and O–H groups in total. The van der Waals surface area contributed by atoms with Crippen LogP contribution in [0.25, 0.3) is 11.0 Å². The normalized spacial score (nSPS) is 15.2. The van der Waals surface area contributed by atoms with Gasteiger partial charge < -0.3 is 9.73 Å².